The summed E-state index contributed by atoms with van der Waals surface area (Å²) < 4.78 is 42.8. The summed E-state index contributed by atoms with van der Waals surface area (Å²) in [5.74, 6) is -0.301. The Balaban J connectivity index is 1.66. The molecule has 2 aromatic rings. The lowest BCUT2D eigenvalue weighted by molar-refractivity contribution is -0.274. The monoisotopic (exact) mass is 368 g/mol. The van der Waals surface area contributed by atoms with E-state index in [2.05, 4.69) is 20.5 Å². The molecule has 3 rings (SSSR count). The minimum atomic E-state index is -4.75. The molecule has 1 aliphatic rings. The quantitative estimate of drug-likeness (QED) is 0.850. The highest BCUT2D eigenvalue weighted by Crippen LogP contribution is 2.46. The maximum Gasteiger partial charge on any atom is 0.573 e. The number of rotatable bonds is 5. The number of benzene rings is 1. The van der Waals surface area contributed by atoms with Gasteiger partial charge in [0.15, 0.2) is 0 Å². The van der Waals surface area contributed by atoms with E-state index in [1.54, 1.807) is 37.0 Å². The Hall–Kier alpha value is -2.71. The highest BCUT2D eigenvalue weighted by Gasteiger charge is 2.46. The van der Waals surface area contributed by atoms with Crippen LogP contribution in [0.1, 0.15) is 37.1 Å². The third-order valence-electron chi connectivity index (χ3n) is 4.25. The Bertz CT molecular complexity index is 799. The third-order valence-corrected chi connectivity index (χ3v) is 4.25. The van der Waals surface area contributed by atoms with Gasteiger partial charge < -0.3 is 15.4 Å². The van der Waals surface area contributed by atoms with Crippen LogP contribution in [0, 0.1) is 0 Å². The molecule has 1 aliphatic carbocycles. The number of carbonyl (C=O) groups is 1. The molecule has 1 unspecified atom stereocenters. The van der Waals surface area contributed by atoms with E-state index in [1.165, 1.54) is 18.2 Å². The van der Waals surface area contributed by atoms with Gasteiger partial charge in [-0.3, -0.25) is 4.68 Å². The van der Waals surface area contributed by atoms with Crippen LogP contribution in [0.2, 0.25) is 0 Å². The van der Waals surface area contributed by atoms with E-state index in [4.69, 9.17) is 0 Å². The normalized spacial score (nSPS) is 16.7. The van der Waals surface area contributed by atoms with Gasteiger partial charge in [-0.15, -0.1) is 13.2 Å². The average Bonchev–Trinajstić information content (AvgIpc) is 3.17. The minimum absolute atomic E-state index is 0.299. The van der Waals surface area contributed by atoms with Crippen molar-refractivity contribution in [2.24, 2.45) is 7.05 Å². The largest absolute Gasteiger partial charge is 0.573 e. The fourth-order valence-corrected chi connectivity index (χ4v) is 2.79. The molecule has 0 saturated heterocycles. The smallest absolute Gasteiger partial charge is 0.406 e. The summed E-state index contributed by atoms with van der Waals surface area (Å²) in [4.78, 5) is 12.3. The zero-order chi connectivity index (χ0) is 18.9. The molecule has 1 aromatic heterocycles. The Morgan fingerprint density at radius 1 is 1.35 bits per heavy atom. The summed E-state index contributed by atoms with van der Waals surface area (Å²) in [7, 11) is 1.78. The first-order chi connectivity index (χ1) is 12.2. The summed E-state index contributed by atoms with van der Waals surface area (Å²) in [6.07, 6.45) is -1.68. The van der Waals surface area contributed by atoms with E-state index in [9.17, 15) is 18.0 Å². The number of halogens is 3. The second-order valence-electron chi connectivity index (χ2n) is 6.39. The van der Waals surface area contributed by atoms with Crippen LogP contribution in [0.5, 0.6) is 5.75 Å². The topological polar surface area (TPSA) is 68.2 Å². The van der Waals surface area contributed by atoms with Gasteiger partial charge in [-0.05, 0) is 43.5 Å². The van der Waals surface area contributed by atoms with Crippen LogP contribution in [0.25, 0.3) is 0 Å². The summed E-state index contributed by atoms with van der Waals surface area (Å²) in [5.41, 5.74) is 0.631. The Morgan fingerprint density at radius 3 is 2.65 bits per heavy atom. The first kappa shape index (κ1) is 18.1. The van der Waals surface area contributed by atoms with E-state index in [0.29, 0.717) is 24.1 Å². The van der Waals surface area contributed by atoms with Gasteiger partial charge in [-0.2, -0.15) is 5.10 Å². The van der Waals surface area contributed by atoms with Crippen LogP contribution in [0.3, 0.4) is 0 Å². The van der Waals surface area contributed by atoms with Gasteiger partial charge in [0.2, 0.25) is 0 Å². The van der Waals surface area contributed by atoms with E-state index >= 15 is 0 Å². The predicted octanol–water partition coefficient (Wildman–Crippen LogP) is 3.37. The van der Waals surface area contributed by atoms with Crippen molar-refractivity contribution >= 4 is 6.03 Å². The summed E-state index contributed by atoms with van der Waals surface area (Å²) >= 11 is 0. The van der Waals surface area contributed by atoms with Crippen LogP contribution in [0.15, 0.2) is 36.5 Å². The molecule has 6 nitrogen and oxygen atoms in total. The van der Waals surface area contributed by atoms with Gasteiger partial charge in [0, 0.05) is 13.2 Å². The molecule has 140 valence electrons. The lowest BCUT2D eigenvalue weighted by Crippen LogP contribution is -2.43. The van der Waals surface area contributed by atoms with E-state index in [-0.39, 0.29) is 11.8 Å². The maximum atomic E-state index is 12.4. The van der Waals surface area contributed by atoms with Crippen molar-refractivity contribution in [3.05, 3.63) is 47.8 Å². The molecule has 0 bridgehead atoms. The molecule has 9 heteroatoms. The number of aryl methyl sites for hydroxylation is 1. The molecule has 1 aromatic carbocycles. The number of nitrogens with zero attached hydrogens (tertiary/aromatic N) is 2. The van der Waals surface area contributed by atoms with Crippen molar-refractivity contribution in [2.45, 2.75) is 37.7 Å². The number of nitrogens with one attached hydrogen (secondary N) is 2. The number of hydrogen-bond acceptors (Lipinski definition) is 3. The number of alkyl halides is 3. The van der Waals surface area contributed by atoms with Crippen molar-refractivity contribution in [1.82, 2.24) is 20.4 Å². The van der Waals surface area contributed by atoms with Crippen LogP contribution >= 0.6 is 0 Å². The van der Waals surface area contributed by atoms with Crippen molar-refractivity contribution in [2.75, 3.05) is 0 Å². The molecular weight excluding hydrogens is 349 g/mol. The highest BCUT2D eigenvalue weighted by molar-refractivity contribution is 5.76. The SMILES string of the molecule is CC(NC(=O)NC1(c2cccc(OC(F)(F)F)c2)CC1)c1ccn(C)n1. The maximum absolute atomic E-state index is 12.4. The van der Waals surface area contributed by atoms with Gasteiger partial charge in [0.05, 0.1) is 17.3 Å². The fourth-order valence-electron chi connectivity index (χ4n) is 2.79. The highest BCUT2D eigenvalue weighted by atomic mass is 19.4. The van der Waals surface area contributed by atoms with Crippen LogP contribution in [-0.2, 0) is 12.6 Å². The van der Waals surface area contributed by atoms with Gasteiger partial charge in [0.25, 0.3) is 0 Å². The molecule has 2 N–H and O–H groups in total. The number of aromatic nitrogens is 2. The summed E-state index contributed by atoms with van der Waals surface area (Å²) in [5, 5.41) is 9.88. The third kappa shape index (κ3) is 4.27. The summed E-state index contributed by atoms with van der Waals surface area (Å²) in [6, 6.07) is 6.80. The zero-order valence-electron chi connectivity index (χ0n) is 14.3. The van der Waals surface area contributed by atoms with Crippen LogP contribution in [0.4, 0.5) is 18.0 Å². The van der Waals surface area contributed by atoms with Gasteiger partial charge in [-0.1, -0.05) is 12.1 Å². The number of hydrogen-bond donors (Lipinski definition) is 2. The molecule has 2 amide bonds. The Labute approximate surface area is 148 Å². The Morgan fingerprint density at radius 2 is 2.08 bits per heavy atom. The number of urea groups is 1. The molecule has 0 spiro atoms. The zero-order valence-corrected chi connectivity index (χ0v) is 14.3. The lowest BCUT2D eigenvalue weighted by atomic mass is 10.0. The average molecular weight is 368 g/mol. The second kappa shape index (κ2) is 6.54. The van der Waals surface area contributed by atoms with Crippen molar-refractivity contribution in [3.63, 3.8) is 0 Å². The van der Waals surface area contributed by atoms with Crippen LogP contribution < -0.4 is 15.4 Å². The number of ether oxygens (including phenoxy) is 1. The minimum Gasteiger partial charge on any atom is -0.406 e. The Kier molecular flexibility index (Phi) is 4.55. The molecular formula is C17H19F3N4O2. The number of carbonyl (C=O) groups excluding carboxylic acids is 1. The standard InChI is InChI=1S/C17H19F3N4O2/c1-11(14-6-9-24(2)23-14)21-15(25)22-16(7-8-16)12-4-3-5-13(10-12)26-17(18,19)20/h3-6,9-11H,7-8H2,1-2H3,(H2,21,22,25). The van der Waals surface area contributed by atoms with E-state index in [0.717, 1.165) is 0 Å². The van der Waals surface area contributed by atoms with Crippen LogP contribution in [-0.4, -0.2) is 22.2 Å². The van der Waals surface area contributed by atoms with Gasteiger partial charge in [0.1, 0.15) is 5.75 Å². The fraction of sp³-hybridized carbons (Fsp3) is 0.412. The predicted molar refractivity (Wildman–Crippen MR) is 87.3 cm³/mol. The molecule has 1 atom stereocenters. The number of amides is 2. The first-order valence-electron chi connectivity index (χ1n) is 8.11. The first-order valence-corrected chi connectivity index (χ1v) is 8.11. The summed E-state index contributed by atoms with van der Waals surface area (Å²) in [6.45, 7) is 1.80. The second-order valence-corrected chi connectivity index (χ2v) is 6.39. The van der Waals surface area contributed by atoms with Gasteiger partial charge >= 0.3 is 12.4 Å². The lowest BCUT2D eigenvalue weighted by Gasteiger charge is -2.21. The molecule has 0 radical (unpaired) electrons. The van der Waals surface area contributed by atoms with Crippen molar-refractivity contribution in [1.29, 1.82) is 0 Å². The molecule has 1 heterocycles. The van der Waals surface area contributed by atoms with Gasteiger partial charge in [-0.25, -0.2) is 4.79 Å². The van der Waals surface area contributed by atoms with Crippen molar-refractivity contribution < 1.29 is 22.7 Å². The molecule has 1 saturated carbocycles. The molecule has 0 aliphatic heterocycles. The van der Waals surface area contributed by atoms with E-state index < -0.39 is 17.9 Å². The van der Waals surface area contributed by atoms with Crippen molar-refractivity contribution in [3.8, 4) is 5.75 Å². The van der Waals surface area contributed by atoms with E-state index in [1.807, 2.05) is 0 Å². The molecule has 1 fully saturated rings. The molecule has 26 heavy (non-hydrogen) atoms.